The first kappa shape index (κ1) is 13.1. The Bertz CT molecular complexity index is 102. The fourth-order valence-corrected chi connectivity index (χ4v) is 0.612. The van der Waals surface area contributed by atoms with E-state index in [-0.39, 0.29) is 11.8 Å². The van der Waals surface area contributed by atoms with Crippen LogP contribution in [0.25, 0.3) is 0 Å². The average Bonchev–Trinajstić information content (AvgIpc) is 2.12. The van der Waals surface area contributed by atoms with E-state index in [1.165, 1.54) is 0 Å². The van der Waals surface area contributed by atoms with Crippen LogP contribution in [0.3, 0.4) is 0 Å². The minimum absolute atomic E-state index is 0.188. The van der Waals surface area contributed by atoms with Crippen molar-refractivity contribution in [2.45, 2.75) is 47.6 Å². The van der Waals surface area contributed by atoms with E-state index in [0.717, 1.165) is 0 Å². The molecule has 2 nitrogen and oxygen atoms in total. The second kappa shape index (κ2) is 7.58. The fourth-order valence-electron chi connectivity index (χ4n) is 0.612. The Kier molecular flexibility index (Phi) is 9.01. The van der Waals surface area contributed by atoms with Crippen LogP contribution in [0.2, 0.25) is 0 Å². The molecular formula is C9H21NO. The lowest BCUT2D eigenvalue weighted by atomic mass is 9.95. The first-order chi connectivity index (χ1) is 5.22. The summed E-state index contributed by atoms with van der Waals surface area (Å²) in [4.78, 5) is 10.3. The van der Waals surface area contributed by atoms with Crippen LogP contribution < -0.4 is 5.32 Å². The van der Waals surface area contributed by atoms with Crippen molar-refractivity contribution in [2.24, 2.45) is 5.92 Å². The maximum atomic E-state index is 10.3. The van der Waals surface area contributed by atoms with E-state index in [9.17, 15) is 4.79 Å². The van der Waals surface area contributed by atoms with E-state index in [4.69, 9.17) is 0 Å². The summed E-state index contributed by atoms with van der Waals surface area (Å²) in [5.41, 5.74) is 0. The van der Waals surface area contributed by atoms with Crippen molar-refractivity contribution in [3.63, 3.8) is 0 Å². The zero-order valence-electron chi connectivity index (χ0n) is 8.56. The molecule has 0 spiro atoms. The normalized spacial score (nSPS) is 26.2. The minimum Gasteiger partial charge on any atom is -0.353 e. The van der Waals surface area contributed by atoms with Crippen LogP contribution in [0.15, 0.2) is 0 Å². The lowest BCUT2D eigenvalue weighted by molar-refractivity contribution is -0.133. The Morgan fingerprint density at radius 3 is 1.45 bits per heavy atom. The molecule has 0 aromatic carbocycles. The van der Waals surface area contributed by atoms with Gasteiger partial charge in [0.1, 0.15) is 0 Å². The van der Waals surface area contributed by atoms with E-state index in [2.05, 4.69) is 5.32 Å². The van der Waals surface area contributed by atoms with E-state index in [1.807, 2.05) is 41.5 Å². The van der Waals surface area contributed by atoms with Gasteiger partial charge >= 0.3 is 0 Å². The van der Waals surface area contributed by atoms with Crippen LogP contribution in [-0.4, -0.2) is 11.9 Å². The van der Waals surface area contributed by atoms with E-state index in [0.29, 0.717) is 6.04 Å². The summed E-state index contributed by atoms with van der Waals surface area (Å²) >= 11 is 0. The van der Waals surface area contributed by atoms with Crippen LogP contribution in [0, 0.1) is 5.92 Å². The lowest BCUT2D eigenvalue weighted by Crippen LogP contribution is -2.54. The van der Waals surface area contributed by atoms with Crippen molar-refractivity contribution in [3.8, 4) is 0 Å². The molecule has 0 aromatic heterocycles. The van der Waals surface area contributed by atoms with Crippen molar-refractivity contribution in [1.82, 2.24) is 5.32 Å². The Balaban J connectivity index is 0. The SMILES string of the molecule is CC.CC.CC1NC(=O)C1C. The van der Waals surface area contributed by atoms with Gasteiger partial charge in [-0.1, -0.05) is 34.6 Å². The molecule has 0 saturated carbocycles. The number of hydrogen-bond donors (Lipinski definition) is 1. The molecule has 1 N–H and O–H groups in total. The van der Waals surface area contributed by atoms with Crippen LogP contribution in [0.4, 0.5) is 0 Å². The molecule has 1 aliphatic heterocycles. The van der Waals surface area contributed by atoms with Crippen LogP contribution in [0.1, 0.15) is 41.5 Å². The van der Waals surface area contributed by atoms with Gasteiger partial charge in [-0.15, -0.1) is 0 Å². The van der Waals surface area contributed by atoms with Crippen LogP contribution in [-0.2, 0) is 4.79 Å². The Morgan fingerprint density at radius 2 is 1.45 bits per heavy atom. The number of carbonyl (C=O) groups excluding carboxylic acids is 1. The Labute approximate surface area is 70.4 Å². The van der Waals surface area contributed by atoms with E-state index >= 15 is 0 Å². The summed E-state index contributed by atoms with van der Waals surface area (Å²) < 4.78 is 0. The molecule has 0 aliphatic carbocycles. The summed E-state index contributed by atoms with van der Waals surface area (Å²) in [6.07, 6.45) is 0. The van der Waals surface area contributed by atoms with Crippen LogP contribution >= 0.6 is 0 Å². The molecule has 1 fully saturated rings. The van der Waals surface area contributed by atoms with Gasteiger partial charge in [0.15, 0.2) is 0 Å². The largest absolute Gasteiger partial charge is 0.353 e. The summed E-state index contributed by atoms with van der Waals surface area (Å²) in [6, 6.07) is 0.410. The summed E-state index contributed by atoms with van der Waals surface area (Å²) in [5.74, 6) is 0.438. The summed E-state index contributed by atoms with van der Waals surface area (Å²) in [5, 5.41) is 2.72. The molecule has 11 heavy (non-hydrogen) atoms. The van der Waals surface area contributed by atoms with Crippen molar-refractivity contribution in [2.75, 3.05) is 0 Å². The van der Waals surface area contributed by atoms with Gasteiger partial charge in [-0.3, -0.25) is 4.79 Å². The third kappa shape index (κ3) is 4.02. The highest BCUT2D eigenvalue weighted by Crippen LogP contribution is 2.11. The Morgan fingerprint density at radius 1 is 1.09 bits per heavy atom. The molecule has 2 unspecified atom stereocenters. The molecular weight excluding hydrogens is 138 g/mol. The number of β-lactam (4-membered cyclic amide) rings is 1. The van der Waals surface area contributed by atoms with Gasteiger partial charge in [0.25, 0.3) is 0 Å². The highest BCUT2D eigenvalue weighted by molar-refractivity contribution is 5.85. The van der Waals surface area contributed by atoms with Gasteiger partial charge in [-0.25, -0.2) is 0 Å². The molecule has 1 aliphatic rings. The van der Waals surface area contributed by atoms with Gasteiger partial charge < -0.3 is 5.32 Å². The van der Waals surface area contributed by atoms with Crippen molar-refractivity contribution < 1.29 is 4.79 Å². The maximum absolute atomic E-state index is 10.3. The second-order valence-electron chi connectivity index (χ2n) is 2.09. The van der Waals surface area contributed by atoms with E-state index in [1.54, 1.807) is 0 Å². The lowest BCUT2D eigenvalue weighted by Gasteiger charge is -2.30. The first-order valence-electron chi connectivity index (χ1n) is 4.52. The molecule has 0 aromatic rings. The topological polar surface area (TPSA) is 29.1 Å². The van der Waals surface area contributed by atoms with Gasteiger partial charge in [0, 0.05) is 6.04 Å². The minimum atomic E-state index is 0.188. The van der Waals surface area contributed by atoms with Crippen molar-refractivity contribution in [1.29, 1.82) is 0 Å². The van der Waals surface area contributed by atoms with Gasteiger partial charge in [0.2, 0.25) is 5.91 Å². The molecule has 1 heterocycles. The molecule has 1 saturated heterocycles. The van der Waals surface area contributed by atoms with Gasteiger partial charge in [-0.2, -0.15) is 0 Å². The predicted octanol–water partition coefficient (Wildman–Crippen LogP) is 2.19. The Hall–Kier alpha value is -0.530. The zero-order chi connectivity index (χ0) is 9.44. The summed E-state index contributed by atoms with van der Waals surface area (Å²) in [6.45, 7) is 11.9. The van der Waals surface area contributed by atoms with Crippen LogP contribution in [0.5, 0.6) is 0 Å². The van der Waals surface area contributed by atoms with E-state index < -0.39 is 0 Å². The van der Waals surface area contributed by atoms with Gasteiger partial charge in [-0.05, 0) is 6.92 Å². The van der Waals surface area contributed by atoms with Gasteiger partial charge in [0.05, 0.1) is 5.92 Å². The molecule has 0 radical (unpaired) electrons. The molecule has 2 heteroatoms. The number of hydrogen-bond acceptors (Lipinski definition) is 1. The molecule has 1 amide bonds. The highest BCUT2D eigenvalue weighted by atomic mass is 16.2. The monoisotopic (exact) mass is 159 g/mol. The molecule has 68 valence electrons. The predicted molar refractivity (Wildman–Crippen MR) is 49.5 cm³/mol. The highest BCUT2D eigenvalue weighted by Gasteiger charge is 2.30. The molecule has 2 atom stereocenters. The zero-order valence-corrected chi connectivity index (χ0v) is 8.56. The maximum Gasteiger partial charge on any atom is 0.225 e. The van der Waals surface area contributed by atoms with Crippen molar-refractivity contribution >= 4 is 5.91 Å². The average molecular weight is 159 g/mol. The first-order valence-corrected chi connectivity index (χ1v) is 4.52. The number of nitrogens with one attached hydrogen (secondary N) is 1. The third-order valence-electron chi connectivity index (χ3n) is 1.53. The third-order valence-corrected chi connectivity index (χ3v) is 1.53. The summed E-state index contributed by atoms with van der Waals surface area (Å²) in [7, 11) is 0. The smallest absolute Gasteiger partial charge is 0.225 e. The molecule has 0 bridgehead atoms. The number of carbonyl (C=O) groups is 1. The number of rotatable bonds is 0. The van der Waals surface area contributed by atoms with Crippen molar-refractivity contribution in [3.05, 3.63) is 0 Å². The fraction of sp³-hybridized carbons (Fsp3) is 0.889. The standard InChI is InChI=1S/C5H9NO.2C2H6/c1-3-4(2)6-5(3)7;2*1-2/h3-4H,1-2H3,(H,6,7);2*1-2H3. The molecule has 1 rings (SSSR count). The second-order valence-corrected chi connectivity index (χ2v) is 2.09. The quantitative estimate of drug-likeness (QED) is 0.539. The number of amides is 1.